The normalized spacial score (nSPS) is 12.8. The fraction of sp³-hybridized carbons (Fsp3) is 0.222. The summed E-state index contributed by atoms with van der Waals surface area (Å²) in [5.41, 5.74) is 5.20. The second kappa shape index (κ2) is 4.37. The molecule has 0 fully saturated rings. The van der Waals surface area contributed by atoms with Crippen molar-refractivity contribution in [1.29, 1.82) is 5.26 Å². The summed E-state index contributed by atoms with van der Waals surface area (Å²) in [6.45, 7) is 1.23. The zero-order valence-corrected chi connectivity index (χ0v) is 9.25. The summed E-state index contributed by atoms with van der Waals surface area (Å²) in [4.78, 5) is 0. The number of nitrogens with one attached hydrogen (secondary N) is 1. The van der Waals surface area contributed by atoms with Gasteiger partial charge in [0, 0.05) is 6.07 Å². The third-order valence-corrected chi connectivity index (χ3v) is 3.46. The second-order valence-electron chi connectivity index (χ2n) is 3.15. The van der Waals surface area contributed by atoms with Gasteiger partial charge in [-0.2, -0.15) is 5.26 Å². The van der Waals surface area contributed by atoms with Gasteiger partial charge in [0.15, 0.2) is 5.25 Å². The van der Waals surface area contributed by atoms with E-state index in [0.717, 1.165) is 6.07 Å². The van der Waals surface area contributed by atoms with E-state index in [1.54, 1.807) is 6.07 Å². The Morgan fingerprint density at radius 1 is 1.56 bits per heavy atom. The molecule has 1 aromatic rings. The van der Waals surface area contributed by atoms with E-state index in [9.17, 15) is 12.8 Å². The molecule has 0 saturated carbocycles. The highest BCUT2D eigenvalue weighted by atomic mass is 32.2. The molecule has 0 aliphatic carbocycles. The predicted molar refractivity (Wildman–Crippen MR) is 58.4 cm³/mol. The number of sulfonamides is 1. The van der Waals surface area contributed by atoms with Crippen LogP contribution in [-0.4, -0.2) is 13.7 Å². The van der Waals surface area contributed by atoms with Gasteiger partial charge in [0.2, 0.25) is 10.0 Å². The molecule has 86 valence electrons. The standard InChI is InChI=1S/C9H10FN3O2S/c1-6(5-11)16(14,15)13-7-2-3-9(12)8(10)4-7/h2-4,6,13H,12H2,1H3. The highest BCUT2D eigenvalue weighted by molar-refractivity contribution is 7.93. The average Bonchev–Trinajstić information content (AvgIpc) is 2.22. The van der Waals surface area contributed by atoms with Crippen molar-refractivity contribution in [2.45, 2.75) is 12.2 Å². The first-order valence-corrected chi connectivity index (χ1v) is 5.87. The van der Waals surface area contributed by atoms with Crippen LogP contribution in [0.15, 0.2) is 18.2 Å². The highest BCUT2D eigenvalue weighted by Crippen LogP contribution is 2.17. The molecule has 0 aromatic heterocycles. The van der Waals surface area contributed by atoms with Crippen molar-refractivity contribution >= 4 is 21.4 Å². The Hall–Kier alpha value is -1.81. The van der Waals surface area contributed by atoms with Crippen molar-refractivity contribution < 1.29 is 12.8 Å². The van der Waals surface area contributed by atoms with Gasteiger partial charge in [0.1, 0.15) is 5.82 Å². The monoisotopic (exact) mass is 243 g/mol. The molecule has 1 atom stereocenters. The summed E-state index contributed by atoms with van der Waals surface area (Å²) >= 11 is 0. The summed E-state index contributed by atoms with van der Waals surface area (Å²) in [6, 6.07) is 5.10. The first-order chi connectivity index (χ1) is 7.36. The lowest BCUT2D eigenvalue weighted by Gasteiger charge is -2.09. The molecule has 0 amide bonds. The van der Waals surface area contributed by atoms with Crippen LogP contribution >= 0.6 is 0 Å². The van der Waals surface area contributed by atoms with E-state index in [1.807, 2.05) is 0 Å². The number of benzene rings is 1. The molecule has 0 bridgehead atoms. The first kappa shape index (κ1) is 12.3. The van der Waals surface area contributed by atoms with Crippen LogP contribution in [0.2, 0.25) is 0 Å². The molecule has 0 radical (unpaired) electrons. The van der Waals surface area contributed by atoms with E-state index in [0.29, 0.717) is 0 Å². The molecule has 0 saturated heterocycles. The highest BCUT2D eigenvalue weighted by Gasteiger charge is 2.20. The number of nitrogen functional groups attached to an aromatic ring is 1. The van der Waals surface area contributed by atoms with Crippen LogP contribution in [0, 0.1) is 17.1 Å². The molecule has 1 rings (SSSR count). The molecule has 5 nitrogen and oxygen atoms in total. The fourth-order valence-corrected chi connectivity index (χ4v) is 1.68. The Bertz CT molecular complexity index is 536. The molecule has 1 unspecified atom stereocenters. The third kappa shape index (κ3) is 2.61. The van der Waals surface area contributed by atoms with Crippen LogP contribution in [0.4, 0.5) is 15.8 Å². The minimum absolute atomic E-state index is 0.0359. The Balaban J connectivity index is 2.98. The van der Waals surface area contributed by atoms with Gasteiger partial charge in [-0.25, -0.2) is 12.8 Å². The molecule has 0 spiro atoms. The second-order valence-corrected chi connectivity index (χ2v) is 5.16. The average molecular weight is 243 g/mol. The van der Waals surface area contributed by atoms with Crippen molar-refractivity contribution in [3.63, 3.8) is 0 Å². The number of nitriles is 1. The lowest BCUT2D eigenvalue weighted by atomic mass is 10.3. The maximum Gasteiger partial charge on any atom is 0.248 e. The zero-order valence-electron chi connectivity index (χ0n) is 8.44. The number of nitrogens with zero attached hydrogens (tertiary/aromatic N) is 1. The van der Waals surface area contributed by atoms with Gasteiger partial charge in [0.25, 0.3) is 0 Å². The maximum absolute atomic E-state index is 13.0. The molecule has 0 heterocycles. The minimum Gasteiger partial charge on any atom is -0.396 e. The van der Waals surface area contributed by atoms with E-state index < -0.39 is 21.1 Å². The van der Waals surface area contributed by atoms with Gasteiger partial charge in [-0.1, -0.05) is 0 Å². The lowest BCUT2D eigenvalue weighted by molar-refractivity contribution is 0.597. The molecule has 7 heteroatoms. The van der Waals surface area contributed by atoms with Crippen LogP contribution in [0.1, 0.15) is 6.92 Å². The zero-order chi connectivity index (χ0) is 12.3. The van der Waals surface area contributed by atoms with Crippen molar-refractivity contribution in [2.24, 2.45) is 0 Å². The van der Waals surface area contributed by atoms with Crippen LogP contribution < -0.4 is 10.5 Å². The van der Waals surface area contributed by atoms with Crippen molar-refractivity contribution in [1.82, 2.24) is 0 Å². The predicted octanol–water partition coefficient (Wildman–Crippen LogP) is 1.06. The quantitative estimate of drug-likeness (QED) is 0.776. The number of nitrogens with two attached hydrogens (primary N) is 1. The van der Waals surface area contributed by atoms with E-state index in [-0.39, 0.29) is 11.4 Å². The molecular formula is C9H10FN3O2S. The van der Waals surface area contributed by atoms with Crippen LogP contribution in [-0.2, 0) is 10.0 Å². The summed E-state index contributed by atoms with van der Waals surface area (Å²) in [5, 5.41) is 7.27. The topological polar surface area (TPSA) is 96.0 Å². The summed E-state index contributed by atoms with van der Waals surface area (Å²) < 4.78 is 38.0. The Morgan fingerprint density at radius 2 is 2.19 bits per heavy atom. The SMILES string of the molecule is CC(C#N)S(=O)(=O)Nc1ccc(N)c(F)c1. The number of halogens is 1. The Morgan fingerprint density at radius 3 is 2.69 bits per heavy atom. The van der Waals surface area contributed by atoms with Crippen LogP contribution in [0.5, 0.6) is 0 Å². The number of hydrogen-bond acceptors (Lipinski definition) is 4. The van der Waals surface area contributed by atoms with E-state index >= 15 is 0 Å². The van der Waals surface area contributed by atoms with Crippen LogP contribution in [0.3, 0.4) is 0 Å². The number of anilines is 2. The maximum atomic E-state index is 13.0. The summed E-state index contributed by atoms with van der Waals surface area (Å²) in [7, 11) is -3.81. The largest absolute Gasteiger partial charge is 0.396 e. The van der Waals surface area contributed by atoms with E-state index in [4.69, 9.17) is 11.0 Å². The molecule has 1 aromatic carbocycles. The third-order valence-electron chi connectivity index (χ3n) is 1.91. The molecule has 16 heavy (non-hydrogen) atoms. The fourth-order valence-electron chi connectivity index (χ4n) is 0.913. The van der Waals surface area contributed by atoms with Crippen molar-refractivity contribution in [3.8, 4) is 6.07 Å². The molecule has 3 N–H and O–H groups in total. The van der Waals surface area contributed by atoms with E-state index in [1.165, 1.54) is 19.1 Å². The summed E-state index contributed by atoms with van der Waals surface area (Å²) in [6.07, 6.45) is 0. The molecule has 0 aliphatic heterocycles. The lowest BCUT2D eigenvalue weighted by Crippen LogP contribution is -2.23. The van der Waals surface area contributed by atoms with Crippen molar-refractivity contribution in [2.75, 3.05) is 10.5 Å². The summed E-state index contributed by atoms with van der Waals surface area (Å²) in [5.74, 6) is -0.718. The van der Waals surface area contributed by atoms with Gasteiger partial charge in [-0.3, -0.25) is 4.72 Å². The van der Waals surface area contributed by atoms with Gasteiger partial charge in [-0.05, 0) is 19.1 Å². The Kier molecular flexibility index (Phi) is 3.34. The van der Waals surface area contributed by atoms with Gasteiger partial charge >= 0.3 is 0 Å². The first-order valence-electron chi connectivity index (χ1n) is 4.33. The number of rotatable bonds is 3. The number of hydrogen-bond donors (Lipinski definition) is 2. The van der Waals surface area contributed by atoms with Crippen LogP contribution in [0.25, 0.3) is 0 Å². The minimum atomic E-state index is -3.81. The van der Waals surface area contributed by atoms with Crippen molar-refractivity contribution in [3.05, 3.63) is 24.0 Å². The molecule has 0 aliphatic rings. The van der Waals surface area contributed by atoms with Gasteiger partial charge in [0.05, 0.1) is 17.4 Å². The van der Waals surface area contributed by atoms with Gasteiger partial charge < -0.3 is 5.73 Å². The van der Waals surface area contributed by atoms with E-state index in [2.05, 4.69) is 4.72 Å². The Labute approximate surface area is 92.7 Å². The smallest absolute Gasteiger partial charge is 0.248 e. The van der Waals surface area contributed by atoms with Gasteiger partial charge in [-0.15, -0.1) is 0 Å². The molecular weight excluding hydrogens is 233 g/mol.